The molecule has 2 aromatic carbocycles. The molecule has 1 heterocycles. The van der Waals surface area contributed by atoms with Crippen LogP contribution in [0.4, 0.5) is 18.9 Å². The first-order valence-electron chi connectivity index (χ1n) is 7.71. The summed E-state index contributed by atoms with van der Waals surface area (Å²) < 4.78 is 42.9. The van der Waals surface area contributed by atoms with Crippen molar-refractivity contribution in [2.24, 2.45) is 4.99 Å². The number of ether oxygens (including phenoxy) is 1. The summed E-state index contributed by atoms with van der Waals surface area (Å²) in [4.78, 5) is 18.0. The Bertz CT molecular complexity index is 880. The molecule has 0 radical (unpaired) electrons. The number of carbonyl (C=O) groups excluding carboxylic acids is 1. The van der Waals surface area contributed by atoms with Gasteiger partial charge in [-0.05, 0) is 48.0 Å². The Hall–Kier alpha value is -3.09. The van der Waals surface area contributed by atoms with Gasteiger partial charge in [-0.25, -0.2) is 9.79 Å². The Morgan fingerprint density at radius 2 is 1.62 bits per heavy atom. The highest BCUT2D eigenvalue weighted by Gasteiger charge is 2.31. The van der Waals surface area contributed by atoms with E-state index in [1.165, 1.54) is 12.1 Å². The number of carbonyl (C=O) groups is 1. The van der Waals surface area contributed by atoms with Crippen LogP contribution >= 0.6 is 0 Å². The van der Waals surface area contributed by atoms with E-state index in [-0.39, 0.29) is 11.6 Å². The first-order valence-corrected chi connectivity index (χ1v) is 7.71. The third kappa shape index (κ3) is 3.77. The molecule has 0 unspecified atom stereocenters. The van der Waals surface area contributed by atoms with Gasteiger partial charge < -0.3 is 9.64 Å². The van der Waals surface area contributed by atoms with Crippen molar-refractivity contribution in [3.05, 3.63) is 70.9 Å². The Morgan fingerprint density at radius 3 is 2.15 bits per heavy atom. The van der Waals surface area contributed by atoms with Crippen LogP contribution in [0.5, 0.6) is 0 Å². The maximum absolute atomic E-state index is 12.6. The SMILES string of the molecule is CN(C)c1ccc(/C=C2\N=C(c3ccc(C(F)(F)F)cc3)OC2=O)cc1. The molecule has 3 rings (SSSR count). The van der Waals surface area contributed by atoms with Crippen molar-refractivity contribution in [2.45, 2.75) is 6.18 Å². The summed E-state index contributed by atoms with van der Waals surface area (Å²) >= 11 is 0. The fourth-order valence-electron chi connectivity index (χ4n) is 2.36. The molecule has 0 saturated carbocycles. The van der Waals surface area contributed by atoms with E-state index in [0.717, 1.165) is 23.4 Å². The Balaban J connectivity index is 1.84. The molecule has 0 bridgehead atoms. The molecule has 7 heteroatoms. The minimum Gasteiger partial charge on any atom is -0.402 e. The highest BCUT2D eigenvalue weighted by molar-refractivity contribution is 6.12. The van der Waals surface area contributed by atoms with Gasteiger partial charge in [-0.15, -0.1) is 0 Å². The molecule has 0 aromatic heterocycles. The summed E-state index contributed by atoms with van der Waals surface area (Å²) in [5.41, 5.74) is 1.40. The molecule has 26 heavy (non-hydrogen) atoms. The lowest BCUT2D eigenvalue weighted by Crippen LogP contribution is -2.08. The number of hydrogen-bond donors (Lipinski definition) is 0. The van der Waals surface area contributed by atoms with Gasteiger partial charge in [-0.3, -0.25) is 0 Å². The van der Waals surface area contributed by atoms with Crippen LogP contribution in [0.15, 0.2) is 59.2 Å². The quantitative estimate of drug-likeness (QED) is 0.611. The minimum atomic E-state index is -4.42. The van der Waals surface area contributed by atoms with Crippen LogP contribution in [0.2, 0.25) is 0 Å². The summed E-state index contributed by atoms with van der Waals surface area (Å²) in [6.07, 6.45) is -2.85. The van der Waals surface area contributed by atoms with Crippen LogP contribution < -0.4 is 4.90 Å². The second-order valence-corrected chi connectivity index (χ2v) is 5.90. The topological polar surface area (TPSA) is 41.9 Å². The third-order valence-corrected chi connectivity index (χ3v) is 3.79. The highest BCUT2D eigenvalue weighted by Crippen LogP contribution is 2.29. The average Bonchev–Trinajstić information content (AvgIpc) is 2.95. The Labute approximate surface area is 148 Å². The van der Waals surface area contributed by atoms with Gasteiger partial charge in [0.05, 0.1) is 5.56 Å². The standard InChI is InChI=1S/C19H15F3N2O2/c1-24(2)15-9-3-12(4-10-15)11-16-18(25)26-17(23-16)13-5-7-14(8-6-13)19(20,21)22/h3-11H,1-2H3/b16-11-. The smallest absolute Gasteiger partial charge is 0.402 e. The molecule has 1 aliphatic heterocycles. The van der Waals surface area contributed by atoms with Crippen LogP contribution in [0.3, 0.4) is 0 Å². The number of rotatable bonds is 3. The number of esters is 1. The number of cyclic esters (lactones) is 1. The molecule has 0 amide bonds. The molecule has 0 aliphatic carbocycles. The number of hydrogen-bond acceptors (Lipinski definition) is 4. The fraction of sp³-hybridized carbons (Fsp3) is 0.158. The van der Waals surface area contributed by atoms with Crippen molar-refractivity contribution >= 4 is 23.6 Å². The van der Waals surface area contributed by atoms with E-state index in [1.54, 1.807) is 6.08 Å². The number of alkyl halides is 3. The van der Waals surface area contributed by atoms with Gasteiger partial charge in [0.1, 0.15) is 0 Å². The predicted octanol–water partition coefficient (Wildman–Crippen LogP) is 4.12. The summed E-state index contributed by atoms with van der Waals surface area (Å²) in [6, 6.07) is 11.8. The second-order valence-electron chi connectivity index (χ2n) is 5.90. The second kappa shape index (κ2) is 6.67. The molecule has 4 nitrogen and oxygen atoms in total. The molecule has 0 atom stereocenters. The van der Waals surface area contributed by atoms with Crippen LogP contribution in [-0.4, -0.2) is 26.0 Å². The molecule has 0 N–H and O–H groups in total. The lowest BCUT2D eigenvalue weighted by atomic mass is 10.1. The van der Waals surface area contributed by atoms with Crippen molar-refractivity contribution < 1.29 is 22.7 Å². The van der Waals surface area contributed by atoms with Crippen molar-refractivity contribution in [3.8, 4) is 0 Å². The van der Waals surface area contributed by atoms with Crippen LogP contribution in [0, 0.1) is 0 Å². The number of halogens is 3. The summed E-state index contributed by atoms with van der Waals surface area (Å²) in [5.74, 6) is -0.656. The largest absolute Gasteiger partial charge is 0.416 e. The minimum absolute atomic E-state index is 0.0140. The van der Waals surface area contributed by atoms with E-state index in [2.05, 4.69) is 4.99 Å². The molecular formula is C19H15F3N2O2. The van der Waals surface area contributed by atoms with E-state index in [4.69, 9.17) is 4.74 Å². The number of benzene rings is 2. The van der Waals surface area contributed by atoms with Gasteiger partial charge in [-0.2, -0.15) is 13.2 Å². The summed E-state index contributed by atoms with van der Waals surface area (Å²) in [7, 11) is 3.84. The summed E-state index contributed by atoms with van der Waals surface area (Å²) in [6.45, 7) is 0. The van der Waals surface area contributed by atoms with Gasteiger partial charge in [-0.1, -0.05) is 12.1 Å². The maximum Gasteiger partial charge on any atom is 0.416 e. The fourth-order valence-corrected chi connectivity index (χ4v) is 2.36. The van der Waals surface area contributed by atoms with Crippen LogP contribution in [-0.2, 0) is 15.7 Å². The molecule has 0 spiro atoms. The molecule has 1 aliphatic rings. The van der Waals surface area contributed by atoms with E-state index in [1.807, 2.05) is 43.3 Å². The first-order chi connectivity index (χ1) is 12.2. The molecule has 134 valence electrons. The van der Waals surface area contributed by atoms with Gasteiger partial charge in [0.15, 0.2) is 5.70 Å². The zero-order valence-electron chi connectivity index (χ0n) is 14.0. The van der Waals surface area contributed by atoms with Crippen LogP contribution in [0.25, 0.3) is 6.08 Å². The van der Waals surface area contributed by atoms with Crippen molar-refractivity contribution in [2.75, 3.05) is 19.0 Å². The normalized spacial score (nSPS) is 15.8. The zero-order valence-corrected chi connectivity index (χ0v) is 14.0. The van der Waals surface area contributed by atoms with Gasteiger partial charge in [0, 0.05) is 25.3 Å². The Kier molecular flexibility index (Phi) is 4.54. The lowest BCUT2D eigenvalue weighted by Gasteiger charge is -2.11. The lowest BCUT2D eigenvalue weighted by molar-refractivity contribution is -0.137. The number of anilines is 1. The molecule has 2 aromatic rings. The first kappa shape index (κ1) is 17.7. The van der Waals surface area contributed by atoms with E-state index >= 15 is 0 Å². The van der Waals surface area contributed by atoms with E-state index in [9.17, 15) is 18.0 Å². The number of nitrogens with zero attached hydrogens (tertiary/aromatic N) is 2. The highest BCUT2D eigenvalue weighted by atomic mass is 19.4. The zero-order chi connectivity index (χ0) is 18.9. The van der Waals surface area contributed by atoms with Gasteiger partial charge in [0.25, 0.3) is 0 Å². The average molecular weight is 360 g/mol. The van der Waals surface area contributed by atoms with Gasteiger partial charge in [0.2, 0.25) is 5.90 Å². The molecule has 0 saturated heterocycles. The van der Waals surface area contributed by atoms with E-state index in [0.29, 0.717) is 5.56 Å². The van der Waals surface area contributed by atoms with Gasteiger partial charge >= 0.3 is 12.1 Å². The van der Waals surface area contributed by atoms with Crippen molar-refractivity contribution in [1.82, 2.24) is 0 Å². The van der Waals surface area contributed by atoms with E-state index < -0.39 is 17.7 Å². The predicted molar refractivity (Wildman–Crippen MR) is 92.8 cm³/mol. The monoisotopic (exact) mass is 360 g/mol. The molecular weight excluding hydrogens is 345 g/mol. The maximum atomic E-state index is 12.6. The molecule has 0 fully saturated rings. The number of aliphatic imine (C=N–C) groups is 1. The van der Waals surface area contributed by atoms with Crippen molar-refractivity contribution in [3.63, 3.8) is 0 Å². The third-order valence-electron chi connectivity index (χ3n) is 3.79. The van der Waals surface area contributed by atoms with Crippen LogP contribution in [0.1, 0.15) is 16.7 Å². The summed E-state index contributed by atoms with van der Waals surface area (Å²) in [5, 5.41) is 0. The Morgan fingerprint density at radius 1 is 1.00 bits per heavy atom. The van der Waals surface area contributed by atoms with Crippen molar-refractivity contribution in [1.29, 1.82) is 0 Å².